The molecule has 1 N–H and O–H groups in total. The molecule has 2 aromatic rings. The van der Waals surface area contributed by atoms with Crippen LogP contribution in [0.25, 0.3) is 0 Å². The van der Waals surface area contributed by atoms with Crippen molar-refractivity contribution in [1.82, 2.24) is 4.72 Å². The Hall–Kier alpha value is -0.780. The highest BCUT2D eigenvalue weighted by Gasteiger charge is 2.30. The average Bonchev–Trinajstić information content (AvgIpc) is 2.74. The van der Waals surface area contributed by atoms with Crippen molar-refractivity contribution in [3.63, 3.8) is 0 Å². The summed E-state index contributed by atoms with van der Waals surface area (Å²) in [6.45, 7) is 5.77. The first kappa shape index (κ1) is 23.9. The molecule has 1 heterocycles. The zero-order valence-corrected chi connectivity index (χ0v) is 20.5. The van der Waals surface area contributed by atoms with Crippen molar-refractivity contribution in [3.8, 4) is 0 Å². The predicted octanol–water partition coefficient (Wildman–Crippen LogP) is 7.05. The van der Waals surface area contributed by atoms with Crippen LogP contribution >= 0.6 is 34.8 Å². The number of rotatable bonds is 8. The summed E-state index contributed by atoms with van der Waals surface area (Å²) in [5.74, 6) is 0.518. The van der Waals surface area contributed by atoms with Gasteiger partial charge in [-0.05, 0) is 80.5 Å². The standard InChI is InChI=1S/C23H29Cl3N2OS/c1-3-16(2)30(29)27-13-12-17-4-11-23(21-10-7-19(25)14-22(21)26)28(15-17)20-8-5-18(24)6-9-20/h5-10,14,16-17,23,27H,3-4,11-13,15H2,1-2H3/t16?,17-,23-,30?/m0/s1. The van der Waals surface area contributed by atoms with E-state index in [9.17, 15) is 4.21 Å². The van der Waals surface area contributed by atoms with Crippen LogP contribution in [0.3, 0.4) is 0 Å². The zero-order valence-electron chi connectivity index (χ0n) is 17.4. The van der Waals surface area contributed by atoms with Gasteiger partial charge in [-0.2, -0.15) is 0 Å². The molecule has 0 aromatic heterocycles. The number of benzene rings is 2. The average molecular weight is 488 g/mol. The Morgan fingerprint density at radius 1 is 1.10 bits per heavy atom. The Morgan fingerprint density at radius 2 is 1.80 bits per heavy atom. The van der Waals surface area contributed by atoms with Crippen molar-refractivity contribution in [2.75, 3.05) is 18.0 Å². The van der Waals surface area contributed by atoms with Crippen LogP contribution in [0.15, 0.2) is 42.5 Å². The van der Waals surface area contributed by atoms with Gasteiger partial charge in [0, 0.05) is 39.1 Å². The summed E-state index contributed by atoms with van der Waals surface area (Å²) in [5.41, 5.74) is 2.24. The number of piperidine rings is 1. The number of nitrogens with zero attached hydrogens (tertiary/aromatic N) is 1. The minimum Gasteiger partial charge on any atom is -0.364 e. The summed E-state index contributed by atoms with van der Waals surface area (Å²) < 4.78 is 15.4. The Bertz CT molecular complexity index is 862. The molecule has 0 bridgehead atoms. The quantitative estimate of drug-likeness (QED) is 0.433. The monoisotopic (exact) mass is 486 g/mol. The molecule has 2 aromatic carbocycles. The molecule has 0 aliphatic carbocycles. The van der Waals surface area contributed by atoms with Crippen molar-refractivity contribution in [2.45, 2.75) is 50.8 Å². The number of halogens is 3. The second-order valence-electron chi connectivity index (χ2n) is 7.95. The van der Waals surface area contributed by atoms with Crippen LogP contribution in [0.5, 0.6) is 0 Å². The molecule has 0 spiro atoms. The molecule has 4 atom stereocenters. The Balaban J connectivity index is 1.74. The lowest BCUT2D eigenvalue weighted by Gasteiger charge is -2.42. The Kier molecular flexibility index (Phi) is 8.91. The molecule has 3 rings (SSSR count). The third-order valence-corrected chi connectivity index (χ3v) is 8.26. The third kappa shape index (κ3) is 6.14. The first-order chi connectivity index (χ1) is 14.4. The number of hydrogen-bond acceptors (Lipinski definition) is 2. The van der Waals surface area contributed by atoms with Gasteiger partial charge in [0.25, 0.3) is 0 Å². The highest BCUT2D eigenvalue weighted by Crippen LogP contribution is 2.41. The highest BCUT2D eigenvalue weighted by atomic mass is 35.5. The molecule has 0 radical (unpaired) electrons. The van der Waals surface area contributed by atoms with Crippen LogP contribution in [-0.2, 0) is 11.0 Å². The van der Waals surface area contributed by atoms with E-state index < -0.39 is 11.0 Å². The van der Waals surface area contributed by atoms with E-state index in [1.54, 1.807) is 0 Å². The molecule has 1 aliphatic rings. The van der Waals surface area contributed by atoms with E-state index in [4.69, 9.17) is 34.8 Å². The van der Waals surface area contributed by atoms with Crippen molar-refractivity contribution < 1.29 is 4.21 Å². The minimum absolute atomic E-state index is 0.179. The second kappa shape index (κ2) is 11.2. The van der Waals surface area contributed by atoms with Gasteiger partial charge in [-0.15, -0.1) is 0 Å². The fourth-order valence-electron chi connectivity index (χ4n) is 3.95. The van der Waals surface area contributed by atoms with Crippen LogP contribution < -0.4 is 9.62 Å². The van der Waals surface area contributed by atoms with Crippen LogP contribution in [0.4, 0.5) is 5.69 Å². The smallest absolute Gasteiger partial charge is 0.0944 e. The van der Waals surface area contributed by atoms with Crippen molar-refractivity contribution >= 4 is 51.5 Å². The van der Waals surface area contributed by atoms with E-state index in [1.165, 1.54) is 0 Å². The maximum Gasteiger partial charge on any atom is 0.0944 e. The Morgan fingerprint density at radius 3 is 2.47 bits per heavy atom. The van der Waals surface area contributed by atoms with Gasteiger partial charge in [0.1, 0.15) is 0 Å². The molecule has 3 nitrogen and oxygen atoms in total. The molecule has 30 heavy (non-hydrogen) atoms. The third-order valence-electron chi connectivity index (χ3n) is 5.90. The molecule has 0 saturated carbocycles. The van der Waals surface area contributed by atoms with E-state index >= 15 is 0 Å². The van der Waals surface area contributed by atoms with Gasteiger partial charge in [-0.1, -0.05) is 47.8 Å². The normalized spacial score (nSPS) is 21.4. The van der Waals surface area contributed by atoms with Crippen LogP contribution in [0.1, 0.15) is 51.1 Å². The SMILES string of the molecule is CCC(C)S(=O)NCC[C@@H]1CC[C@@H](c2ccc(Cl)cc2Cl)N(c2ccc(Cl)cc2)C1. The lowest BCUT2D eigenvalue weighted by Crippen LogP contribution is -2.39. The molecule has 0 amide bonds. The Labute approximate surface area is 197 Å². The number of anilines is 1. The molecule has 1 aliphatic heterocycles. The molecule has 1 fully saturated rings. The summed E-state index contributed by atoms with van der Waals surface area (Å²) in [4.78, 5) is 2.42. The van der Waals surface area contributed by atoms with Gasteiger partial charge in [0.2, 0.25) is 0 Å². The maximum atomic E-state index is 12.2. The predicted molar refractivity (Wildman–Crippen MR) is 131 cm³/mol. The van der Waals surface area contributed by atoms with E-state index in [2.05, 4.69) is 28.7 Å². The van der Waals surface area contributed by atoms with Crippen molar-refractivity contribution in [2.24, 2.45) is 5.92 Å². The summed E-state index contributed by atoms with van der Waals surface area (Å²) in [7, 11) is -0.967. The fraction of sp³-hybridized carbons (Fsp3) is 0.478. The van der Waals surface area contributed by atoms with E-state index in [-0.39, 0.29) is 11.3 Å². The number of nitrogens with one attached hydrogen (secondary N) is 1. The van der Waals surface area contributed by atoms with Gasteiger partial charge in [-0.25, -0.2) is 8.93 Å². The summed E-state index contributed by atoms with van der Waals surface area (Å²) in [6.07, 6.45) is 4.01. The summed E-state index contributed by atoms with van der Waals surface area (Å²) in [6, 6.07) is 13.9. The van der Waals surface area contributed by atoms with E-state index in [1.807, 2.05) is 37.3 Å². The van der Waals surface area contributed by atoms with Gasteiger partial charge in [0.15, 0.2) is 0 Å². The highest BCUT2D eigenvalue weighted by molar-refractivity contribution is 7.83. The fourth-order valence-corrected chi connectivity index (χ4v) is 5.52. The van der Waals surface area contributed by atoms with Gasteiger partial charge < -0.3 is 4.90 Å². The largest absolute Gasteiger partial charge is 0.364 e. The van der Waals surface area contributed by atoms with Gasteiger partial charge in [-0.3, -0.25) is 0 Å². The topological polar surface area (TPSA) is 32.3 Å². The molecule has 1 saturated heterocycles. The lowest BCUT2D eigenvalue weighted by molar-refractivity contribution is 0.343. The molecule has 2 unspecified atom stereocenters. The van der Waals surface area contributed by atoms with Crippen molar-refractivity contribution in [1.29, 1.82) is 0 Å². The minimum atomic E-state index is -0.967. The molecule has 164 valence electrons. The molecule has 7 heteroatoms. The van der Waals surface area contributed by atoms with E-state index in [0.717, 1.165) is 55.0 Å². The van der Waals surface area contributed by atoms with Crippen LogP contribution in [0, 0.1) is 5.92 Å². The number of hydrogen-bond donors (Lipinski definition) is 1. The summed E-state index contributed by atoms with van der Waals surface area (Å²) >= 11 is 18.8. The maximum absolute atomic E-state index is 12.2. The molecular weight excluding hydrogens is 459 g/mol. The van der Waals surface area contributed by atoms with Crippen molar-refractivity contribution in [3.05, 3.63) is 63.1 Å². The second-order valence-corrected chi connectivity index (χ2v) is 10.9. The van der Waals surface area contributed by atoms with Gasteiger partial charge >= 0.3 is 0 Å². The van der Waals surface area contributed by atoms with Gasteiger partial charge in [0.05, 0.1) is 17.0 Å². The van der Waals surface area contributed by atoms with E-state index in [0.29, 0.717) is 16.0 Å². The first-order valence-electron chi connectivity index (χ1n) is 10.5. The molecular formula is C23H29Cl3N2OS. The first-order valence-corrected chi connectivity index (χ1v) is 12.8. The van der Waals surface area contributed by atoms with Crippen LogP contribution in [-0.4, -0.2) is 22.5 Å². The summed E-state index contributed by atoms with van der Waals surface area (Å²) in [5, 5.41) is 2.26. The lowest BCUT2D eigenvalue weighted by atomic mass is 9.86. The van der Waals surface area contributed by atoms with Crippen LogP contribution in [0.2, 0.25) is 15.1 Å². The zero-order chi connectivity index (χ0) is 21.7.